The minimum Gasteiger partial charge on any atom is -0.497 e. The van der Waals surface area contributed by atoms with Gasteiger partial charge in [-0.1, -0.05) is 30.7 Å². The lowest BCUT2D eigenvalue weighted by Gasteiger charge is -2.33. The first kappa shape index (κ1) is 21.2. The molecular weight excluding hydrogens is 364 g/mol. The monoisotopic (exact) mass is 396 g/mol. The Morgan fingerprint density at radius 3 is 2.41 bits per heavy atom. The van der Waals surface area contributed by atoms with Gasteiger partial charge in [-0.15, -0.1) is 0 Å². The molecular formula is C24H32N2O3. The van der Waals surface area contributed by atoms with Crippen LogP contribution in [0.25, 0.3) is 0 Å². The van der Waals surface area contributed by atoms with E-state index in [0.29, 0.717) is 25.6 Å². The normalized spacial score (nSPS) is 17.0. The first-order chi connectivity index (χ1) is 14.1. The highest BCUT2D eigenvalue weighted by molar-refractivity contribution is 5.76. The Kier molecular flexibility index (Phi) is 7.94. The number of benzene rings is 2. The van der Waals surface area contributed by atoms with Crippen LogP contribution in [0.2, 0.25) is 0 Å². The summed E-state index contributed by atoms with van der Waals surface area (Å²) < 4.78 is 10.7. The lowest BCUT2D eigenvalue weighted by Crippen LogP contribution is -2.36. The SMILES string of the molecule is COc1ccc(OCCC(=O)NCc2ccc(CN3CCCCC3C)cc2)cc1. The van der Waals surface area contributed by atoms with Gasteiger partial charge in [-0.25, -0.2) is 0 Å². The standard InChI is InChI=1S/C24H32N2O3/c1-19-5-3-4-15-26(19)18-21-8-6-20(7-9-21)17-25-24(27)14-16-29-23-12-10-22(28-2)11-13-23/h6-13,19H,3-5,14-18H2,1-2H3,(H,25,27). The largest absolute Gasteiger partial charge is 0.497 e. The molecule has 0 radical (unpaired) electrons. The molecule has 1 aliphatic rings. The maximum absolute atomic E-state index is 12.1. The zero-order chi connectivity index (χ0) is 20.5. The number of nitrogens with zero attached hydrogens (tertiary/aromatic N) is 1. The molecule has 1 amide bonds. The molecule has 0 aromatic heterocycles. The van der Waals surface area contributed by atoms with E-state index in [0.717, 1.165) is 23.6 Å². The van der Waals surface area contributed by atoms with Gasteiger partial charge in [0, 0.05) is 19.1 Å². The van der Waals surface area contributed by atoms with Crippen molar-refractivity contribution in [2.24, 2.45) is 0 Å². The van der Waals surface area contributed by atoms with E-state index in [4.69, 9.17) is 9.47 Å². The van der Waals surface area contributed by atoms with E-state index in [1.165, 1.54) is 31.4 Å². The van der Waals surface area contributed by atoms with Gasteiger partial charge in [0.05, 0.1) is 20.1 Å². The van der Waals surface area contributed by atoms with Gasteiger partial charge >= 0.3 is 0 Å². The highest BCUT2D eigenvalue weighted by Gasteiger charge is 2.17. The fraction of sp³-hybridized carbons (Fsp3) is 0.458. The van der Waals surface area contributed by atoms with Crippen LogP contribution in [0.15, 0.2) is 48.5 Å². The first-order valence-electron chi connectivity index (χ1n) is 10.5. The number of hydrogen-bond donors (Lipinski definition) is 1. The number of carbonyl (C=O) groups excluding carboxylic acids is 1. The third-order valence-corrected chi connectivity index (χ3v) is 5.50. The smallest absolute Gasteiger partial charge is 0.223 e. The van der Waals surface area contributed by atoms with Crippen LogP contribution in [-0.4, -0.2) is 37.1 Å². The second kappa shape index (κ2) is 10.9. The van der Waals surface area contributed by atoms with Gasteiger partial charge in [-0.05, 0) is 61.7 Å². The van der Waals surface area contributed by atoms with Crippen LogP contribution in [0.1, 0.15) is 43.7 Å². The Hall–Kier alpha value is -2.53. The number of nitrogens with one attached hydrogen (secondary N) is 1. The Labute approximate surface area is 174 Å². The number of amides is 1. The van der Waals surface area contributed by atoms with E-state index in [1.54, 1.807) is 7.11 Å². The number of carbonyl (C=O) groups is 1. The minimum atomic E-state index is -0.00951. The van der Waals surface area contributed by atoms with Gasteiger partial charge in [0.15, 0.2) is 0 Å². The van der Waals surface area contributed by atoms with Crippen LogP contribution < -0.4 is 14.8 Å². The molecule has 5 heteroatoms. The van der Waals surface area contributed by atoms with E-state index in [2.05, 4.69) is 41.4 Å². The predicted molar refractivity (Wildman–Crippen MR) is 115 cm³/mol. The van der Waals surface area contributed by atoms with E-state index in [9.17, 15) is 4.79 Å². The lowest BCUT2D eigenvalue weighted by atomic mass is 10.0. The third-order valence-electron chi connectivity index (χ3n) is 5.50. The molecule has 1 saturated heterocycles. The molecule has 29 heavy (non-hydrogen) atoms. The van der Waals surface area contributed by atoms with Gasteiger partial charge in [0.25, 0.3) is 0 Å². The Balaban J connectivity index is 1.36. The van der Waals surface area contributed by atoms with Gasteiger partial charge in [0.2, 0.25) is 5.91 Å². The number of methoxy groups -OCH3 is 1. The van der Waals surface area contributed by atoms with Crippen molar-refractivity contribution in [2.75, 3.05) is 20.3 Å². The summed E-state index contributed by atoms with van der Waals surface area (Å²) in [6.45, 7) is 5.42. The molecule has 0 bridgehead atoms. The van der Waals surface area contributed by atoms with Crippen LogP contribution in [-0.2, 0) is 17.9 Å². The van der Waals surface area contributed by atoms with Gasteiger partial charge < -0.3 is 14.8 Å². The van der Waals surface area contributed by atoms with Crippen molar-refractivity contribution in [1.82, 2.24) is 10.2 Å². The minimum absolute atomic E-state index is 0.00951. The van der Waals surface area contributed by atoms with Gasteiger partial charge in [-0.3, -0.25) is 9.69 Å². The molecule has 3 rings (SSSR count). The summed E-state index contributed by atoms with van der Waals surface area (Å²) in [6, 6.07) is 16.6. The van der Waals surface area contributed by atoms with Crippen LogP contribution in [0, 0.1) is 0 Å². The van der Waals surface area contributed by atoms with Crippen LogP contribution in [0.4, 0.5) is 0 Å². The van der Waals surface area contributed by atoms with Crippen molar-refractivity contribution < 1.29 is 14.3 Å². The quantitative estimate of drug-likeness (QED) is 0.692. The zero-order valence-corrected chi connectivity index (χ0v) is 17.5. The van der Waals surface area contributed by atoms with Crippen molar-refractivity contribution in [2.45, 2.75) is 51.7 Å². The van der Waals surface area contributed by atoms with E-state index in [1.807, 2.05) is 24.3 Å². The molecule has 5 nitrogen and oxygen atoms in total. The molecule has 0 aliphatic carbocycles. The number of ether oxygens (including phenoxy) is 2. The molecule has 1 atom stereocenters. The average molecular weight is 397 g/mol. The van der Waals surface area contributed by atoms with Gasteiger partial charge in [0.1, 0.15) is 11.5 Å². The lowest BCUT2D eigenvalue weighted by molar-refractivity contribution is -0.121. The predicted octanol–water partition coefficient (Wildman–Crippen LogP) is 4.15. The topological polar surface area (TPSA) is 50.8 Å². The zero-order valence-electron chi connectivity index (χ0n) is 17.5. The number of rotatable bonds is 9. The van der Waals surface area contributed by atoms with Crippen molar-refractivity contribution in [1.29, 1.82) is 0 Å². The summed E-state index contributed by atoms with van der Waals surface area (Å²) in [6.07, 6.45) is 4.28. The third kappa shape index (κ3) is 6.79. The highest BCUT2D eigenvalue weighted by Crippen LogP contribution is 2.19. The summed E-state index contributed by atoms with van der Waals surface area (Å²) in [7, 11) is 1.63. The average Bonchev–Trinajstić information content (AvgIpc) is 2.75. The summed E-state index contributed by atoms with van der Waals surface area (Å²) in [5.74, 6) is 1.51. The molecule has 0 spiro atoms. The summed E-state index contributed by atoms with van der Waals surface area (Å²) in [5.41, 5.74) is 2.45. The molecule has 1 fully saturated rings. The maximum Gasteiger partial charge on any atom is 0.223 e. The highest BCUT2D eigenvalue weighted by atomic mass is 16.5. The second-order valence-corrected chi connectivity index (χ2v) is 7.68. The number of piperidine rings is 1. The number of hydrogen-bond acceptors (Lipinski definition) is 4. The molecule has 0 saturated carbocycles. The van der Waals surface area contributed by atoms with Crippen molar-refractivity contribution in [3.8, 4) is 11.5 Å². The molecule has 2 aromatic rings. The molecule has 1 aliphatic heterocycles. The first-order valence-corrected chi connectivity index (χ1v) is 10.5. The van der Waals surface area contributed by atoms with E-state index < -0.39 is 0 Å². The fourth-order valence-corrected chi connectivity index (χ4v) is 3.61. The van der Waals surface area contributed by atoms with Crippen LogP contribution >= 0.6 is 0 Å². The van der Waals surface area contributed by atoms with Crippen LogP contribution in [0.5, 0.6) is 11.5 Å². The molecule has 2 aromatic carbocycles. The van der Waals surface area contributed by atoms with Crippen molar-refractivity contribution in [3.05, 3.63) is 59.7 Å². The van der Waals surface area contributed by atoms with Crippen molar-refractivity contribution >= 4 is 5.91 Å². The molecule has 1 heterocycles. The van der Waals surface area contributed by atoms with E-state index >= 15 is 0 Å². The van der Waals surface area contributed by atoms with Crippen molar-refractivity contribution in [3.63, 3.8) is 0 Å². The Morgan fingerprint density at radius 1 is 1.03 bits per heavy atom. The molecule has 1 unspecified atom stereocenters. The second-order valence-electron chi connectivity index (χ2n) is 7.68. The summed E-state index contributed by atoms with van der Waals surface area (Å²) >= 11 is 0. The van der Waals surface area contributed by atoms with Gasteiger partial charge in [-0.2, -0.15) is 0 Å². The Morgan fingerprint density at radius 2 is 1.72 bits per heavy atom. The number of likely N-dealkylation sites (tertiary alicyclic amines) is 1. The molecule has 1 N–H and O–H groups in total. The van der Waals surface area contributed by atoms with Crippen LogP contribution in [0.3, 0.4) is 0 Å². The summed E-state index contributed by atoms with van der Waals surface area (Å²) in [4.78, 5) is 14.6. The van der Waals surface area contributed by atoms with E-state index in [-0.39, 0.29) is 5.91 Å². The fourth-order valence-electron chi connectivity index (χ4n) is 3.61. The molecule has 156 valence electrons. The Bertz CT molecular complexity index is 759. The summed E-state index contributed by atoms with van der Waals surface area (Å²) in [5, 5.41) is 2.96. The maximum atomic E-state index is 12.1.